The van der Waals surface area contributed by atoms with E-state index in [9.17, 15) is 9.59 Å². The number of nitrogens with one attached hydrogen (secondary N) is 2. The Bertz CT molecular complexity index is 406. The molecule has 1 heterocycles. The lowest BCUT2D eigenvalue weighted by Gasteiger charge is -2.27. The van der Waals surface area contributed by atoms with Crippen molar-refractivity contribution in [1.29, 1.82) is 0 Å². The van der Waals surface area contributed by atoms with Crippen LogP contribution in [-0.2, 0) is 9.59 Å². The number of piperidine rings is 1. The van der Waals surface area contributed by atoms with Crippen molar-refractivity contribution in [2.75, 3.05) is 26.2 Å². The largest absolute Gasteiger partial charge is 0.369 e. The van der Waals surface area contributed by atoms with Crippen LogP contribution in [0.5, 0.6) is 0 Å². The average Bonchev–Trinajstić information content (AvgIpc) is 2.48. The highest BCUT2D eigenvalue weighted by Gasteiger charge is 2.28. The van der Waals surface area contributed by atoms with Crippen LogP contribution in [0.2, 0.25) is 0 Å². The Morgan fingerprint density at radius 1 is 1.33 bits per heavy atom. The first kappa shape index (κ1) is 16.0. The lowest BCUT2D eigenvalue weighted by Crippen LogP contribution is -3.15. The van der Waals surface area contributed by atoms with Crippen LogP contribution in [0.3, 0.4) is 0 Å². The summed E-state index contributed by atoms with van der Waals surface area (Å²) in [6, 6.07) is 0. The predicted molar refractivity (Wildman–Crippen MR) is 81.7 cm³/mol. The fourth-order valence-electron chi connectivity index (χ4n) is 3.34. The Labute approximate surface area is 126 Å². The highest BCUT2D eigenvalue weighted by molar-refractivity contribution is 5.77. The van der Waals surface area contributed by atoms with Gasteiger partial charge in [-0.15, -0.1) is 0 Å². The van der Waals surface area contributed by atoms with E-state index < -0.39 is 0 Å². The first-order valence-electron chi connectivity index (χ1n) is 8.22. The van der Waals surface area contributed by atoms with E-state index in [2.05, 4.69) is 11.4 Å². The predicted octanol–water partition coefficient (Wildman–Crippen LogP) is -0.227. The van der Waals surface area contributed by atoms with Crippen molar-refractivity contribution in [3.63, 3.8) is 0 Å². The van der Waals surface area contributed by atoms with Gasteiger partial charge in [-0.3, -0.25) is 9.59 Å². The summed E-state index contributed by atoms with van der Waals surface area (Å²) in [5.41, 5.74) is 6.85. The van der Waals surface area contributed by atoms with Gasteiger partial charge in [-0.1, -0.05) is 11.6 Å². The third kappa shape index (κ3) is 5.50. The van der Waals surface area contributed by atoms with Gasteiger partial charge in [-0.25, -0.2) is 0 Å². The third-order valence-electron chi connectivity index (χ3n) is 4.58. The van der Waals surface area contributed by atoms with Gasteiger partial charge in [-0.05, 0) is 44.9 Å². The molecule has 1 saturated heterocycles. The van der Waals surface area contributed by atoms with Gasteiger partial charge < -0.3 is 16.0 Å². The van der Waals surface area contributed by atoms with E-state index >= 15 is 0 Å². The summed E-state index contributed by atoms with van der Waals surface area (Å²) in [6.45, 7) is 2.86. The molecular weight excluding hydrogens is 266 g/mol. The van der Waals surface area contributed by atoms with E-state index in [1.807, 2.05) is 0 Å². The standard InChI is InChI=1S/C16H27N3O2/c17-16(21)14-7-4-10-19(11-14)12-15(20)18-9-8-13-5-2-1-3-6-13/h5,14H,1-4,6-12H2,(H2,17,21)(H,18,20)/p+1/t14-/m1/s1. The molecule has 2 atom stereocenters. The first-order valence-corrected chi connectivity index (χ1v) is 8.22. The van der Waals surface area contributed by atoms with Crippen molar-refractivity contribution in [2.24, 2.45) is 11.7 Å². The molecule has 1 aliphatic heterocycles. The molecule has 0 spiro atoms. The molecule has 0 bridgehead atoms. The summed E-state index contributed by atoms with van der Waals surface area (Å²) in [5, 5.41) is 3.00. The van der Waals surface area contributed by atoms with Crippen molar-refractivity contribution in [3.8, 4) is 0 Å². The molecule has 118 valence electrons. The topological polar surface area (TPSA) is 76.6 Å². The molecule has 1 fully saturated rings. The highest BCUT2D eigenvalue weighted by Crippen LogP contribution is 2.19. The van der Waals surface area contributed by atoms with Crippen molar-refractivity contribution in [3.05, 3.63) is 11.6 Å². The second-order valence-corrected chi connectivity index (χ2v) is 6.33. The molecular formula is C16H28N3O2+. The molecule has 0 aromatic heterocycles. The van der Waals surface area contributed by atoms with Crippen LogP contribution >= 0.6 is 0 Å². The van der Waals surface area contributed by atoms with Crippen molar-refractivity contribution >= 4 is 11.8 Å². The third-order valence-corrected chi connectivity index (χ3v) is 4.58. The van der Waals surface area contributed by atoms with E-state index in [-0.39, 0.29) is 17.7 Å². The molecule has 1 unspecified atom stereocenters. The summed E-state index contributed by atoms with van der Waals surface area (Å²) in [6.07, 6.45) is 10.1. The van der Waals surface area contributed by atoms with Crippen LogP contribution in [0.25, 0.3) is 0 Å². The number of quaternary nitrogens is 1. The van der Waals surface area contributed by atoms with E-state index in [0.717, 1.165) is 32.4 Å². The lowest BCUT2D eigenvalue weighted by molar-refractivity contribution is -0.899. The van der Waals surface area contributed by atoms with Crippen LogP contribution in [0.1, 0.15) is 44.9 Å². The van der Waals surface area contributed by atoms with E-state index in [0.29, 0.717) is 13.1 Å². The SMILES string of the molecule is NC(=O)[C@@H]1CCC[NH+](CC(=O)NCCC2=CCCCC2)C1. The summed E-state index contributed by atoms with van der Waals surface area (Å²) >= 11 is 0. The fourth-order valence-corrected chi connectivity index (χ4v) is 3.34. The van der Waals surface area contributed by atoms with Crippen molar-refractivity contribution in [2.45, 2.75) is 44.9 Å². The number of primary amides is 1. The van der Waals surface area contributed by atoms with Gasteiger partial charge in [0.15, 0.2) is 6.54 Å². The van der Waals surface area contributed by atoms with E-state index in [1.54, 1.807) is 0 Å². The molecule has 0 radical (unpaired) electrons. The second kappa shape index (κ2) is 8.17. The number of allylic oxidation sites excluding steroid dienone is 1. The molecule has 2 amide bonds. The van der Waals surface area contributed by atoms with Gasteiger partial charge in [0.25, 0.3) is 5.91 Å². The number of carbonyl (C=O) groups excluding carboxylic acids is 2. The van der Waals surface area contributed by atoms with Crippen molar-refractivity contribution < 1.29 is 14.5 Å². The average molecular weight is 294 g/mol. The van der Waals surface area contributed by atoms with E-state index in [1.165, 1.54) is 36.2 Å². The van der Waals surface area contributed by atoms with Gasteiger partial charge in [0, 0.05) is 6.54 Å². The number of hydrogen-bond donors (Lipinski definition) is 3. The van der Waals surface area contributed by atoms with Gasteiger partial charge in [-0.2, -0.15) is 0 Å². The Balaban J connectivity index is 1.64. The van der Waals surface area contributed by atoms with E-state index in [4.69, 9.17) is 5.73 Å². The Morgan fingerprint density at radius 3 is 2.90 bits per heavy atom. The molecule has 5 nitrogen and oxygen atoms in total. The summed E-state index contributed by atoms with van der Waals surface area (Å²) in [7, 11) is 0. The monoisotopic (exact) mass is 294 g/mol. The molecule has 2 rings (SSSR count). The summed E-state index contributed by atoms with van der Waals surface area (Å²) in [5.74, 6) is -0.197. The maximum atomic E-state index is 12.0. The smallest absolute Gasteiger partial charge is 0.275 e. The zero-order valence-electron chi connectivity index (χ0n) is 12.8. The highest BCUT2D eigenvalue weighted by atomic mass is 16.2. The number of amides is 2. The number of carbonyl (C=O) groups is 2. The van der Waals surface area contributed by atoms with Gasteiger partial charge in [0.05, 0.1) is 19.0 Å². The van der Waals surface area contributed by atoms with Crippen LogP contribution in [0.4, 0.5) is 0 Å². The molecule has 21 heavy (non-hydrogen) atoms. The molecule has 0 saturated carbocycles. The molecule has 0 aromatic carbocycles. The van der Waals surface area contributed by atoms with Gasteiger partial charge >= 0.3 is 0 Å². The minimum absolute atomic E-state index is 0.0612. The Kier molecular flexibility index (Phi) is 6.23. The minimum atomic E-state index is -0.225. The second-order valence-electron chi connectivity index (χ2n) is 6.33. The van der Waals surface area contributed by atoms with Crippen LogP contribution < -0.4 is 16.0 Å². The quantitative estimate of drug-likeness (QED) is 0.592. The van der Waals surface area contributed by atoms with Gasteiger partial charge in [0.1, 0.15) is 0 Å². The summed E-state index contributed by atoms with van der Waals surface area (Å²) in [4.78, 5) is 24.4. The van der Waals surface area contributed by atoms with Crippen LogP contribution in [-0.4, -0.2) is 38.0 Å². The first-order chi connectivity index (χ1) is 10.1. The van der Waals surface area contributed by atoms with Crippen LogP contribution in [0, 0.1) is 5.92 Å². The maximum Gasteiger partial charge on any atom is 0.275 e. The number of likely N-dealkylation sites (tertiary alicyclic amines) is 1. The normalized spacial score (nSPS) is 26.0. The Hall–Kier alpha value is -1.36. The van der Waals surface area contributed by atoms with Crippen molar-refractivity contribution in [1.82, 2.24) is 5.32 Å². The Morgan fingerprint density at radius 2 is 2.19 bits per heavy atom. The zero-order chi connectivity index (χ0) is 15.1. The summed E-state index contributed by atoms with van der Waals surface area (Å²) < 4.78 is 0. The molecule has 5 heteroatoms. The zero-order valence-corrected chi connectivity index (χ0v) is 12.8. The van der Waals surface area contributed by atoms with Gasteiger partial charge in [0.2, 0.25) is 5.91 Å². The van der Waals surface area contributed by atoms with Crippen LogP contribution in [0.15, 0.2) is 11.6 Å². The number of nitrogens with two attached hydrogens (primary N) is 1. The number of rotatable bonds is 6. The fraction of sp³-hybridized carbons (Fsp3) is 0.750. The molecule has 4 N–H and O–H groups in total. The lowest BCUT2D eigenvalue weighted by atomic mass is 9.97. The minimum Gasteiger partial charge on any atom is -0.369 e. The maximum absolute atomic E-state index is 12.0. The number of hydrogen-bond acceptors (Lipinski definition) is 2. The molecule has 2 aliphatic rings. The molecule has 1 aliphatic carbocycles. The molecule has 0 aromatic rings.